The van der Waals surface area contributed by atoms with Gasteiger partial charge in [-0.05, 0) is 61.4 Å². The highest BCUT2D eigenvalue weighted by Gasteiger charge is 2.09. The Labute approximate surface area is 164 Å². The Morgan fingerprint density at radius 1 is 0.857 bits per heavy atom. The summed E-state index contributed by atoms with van der Waals surface area (Å²) in [4.78, 5) is 28.0. The van der Waals surface area contributed by atoms with Gasteiger partial charge in [-0.2, -0.15) is 0 Å². The zero-order valence-corrected chi connectivity index (χ0v) is 16.0. The molecule has 6 heteroatoms. The van der Waals surface area contributed by atoms with E-state index < -0.39 is 0 Å². The molecule has 0 unspecified atom stereocenters. The lowest BCUT2D eigenvalue weighted by molar-refractivity contribution is -0.114. The van der Waals surface area contributed by atoms with Gasteiger partial charge in [0.05, 0.1) is 0 Å². The van der Waals surface area contributed by atoms with Gasteiger partial charge < -0.3 is 16.0 Å². The van der Waals surface area contributed by atoms with Crippen LogP contribution in [0.5, 0.6) is 0 Å². The fraction of sp³-hybridized carbons (Fsp3) is 0.136. The van der Waals surface area contributed by atoms with Gasteiger partial charge >= 0.3 is 0 Å². The molecule has 0 aliphatic heterocycles. The van der Waals surface area contributed by atoms with Gasteiger partial charge in [-0.1, -0.05) is 18.2 Å². The molecule has 1 aromatic heterocycles. The minimum Gasteiger partial charge on any atom is -0.340 e. The van der Waals surface area contributed by atoms with Crippen molar-refractivity contribution in [3.05, 3.63) is 77.5 Å². The second-order valence-electron chi connectivity index (χ2n) is 6.53. The number of para-hydroxylation sites is 1. The number of amides is 2. The van der Waals surface area contributed by atoms with Crippen molar-refractivity contribution in [3.63, 3.8) is 0 Å². The highest BCUT2D eigenvalue weighted by atomic mass is 16.2. The third-order valence-corrected chi connectivity index (χ3v) is 4.22. The normalized spacial score (nSPS) is 10.2. The SMILES string of the molecule is CC(=O)Nc1ccc(NC(=O)c2ccnc(Nc3c(C)cccc3C)c2)cc1. The van der Waals surface area contributed by atoms with Gasteiger partial charge in [-0.15, -0.1) is 0 Å². The van der Waals surface area contributed by atoms with Crippen LogP contribution in [0.2, 0.25) is 0 Å². The molecule has 0 atom stereocenters. The molecule has 0 saturated carbocycles. The highest BCUT2D eigenvalue weighted by molar-refractivity contribution is 6.04. The summed E-state index contributed by atoms with van der Waals surface area (Å²) < 4.78 is 0. The van der Waals surface area contributed by atoms with Crippen LogP contribution in [0.4, 0.5) is 22.9 Å². The third kappa shape index (κ3) is 4.73. The van der Waals surface area contributed by atoms with Crippen LogP contribution < -0.4 is 16.0 Å². The van der Waals surface area contributed by atoms with E-state index in [2.05, 4.69) is 20.9 Å². The third-order valence-electron chi connectivity index (χ3n) is 4.22. The first-order chi connectivity index (χ1) is 13.4. The molecule has 3 aromatic rings. The molecule has 2 aromatic carbocycles. The molecule has 0 fully saturated rings. The molecule has 6 nitrogen and oxygen atoms in total. The molecule has 1 heterocycles. The van der Waals surface area contributed by atoms with Crippen LogP contribution in [0.3, 0.4) is 0 Å². The Morgan fingerprint density at radius 2 is 1.46 bits per heavy atom. The van der Waals surface area contributed by atoms with Crippen LogP contribution in [-0.2, 0) is 4.79 Å². The number of carbonyl (C=O) groups is 2. The molecule has 2 amide bonds. The molecule has 142 valence electrons. The number of anilines is 4. The van der Waals surface area contributed by atoms with Gasteiger partial charge in [0, 0.05) is 35.7 Å². The lowest BCUT2D eigenvalue weighted by Crippen LogP contribution is -2.12. The number of aryl methyl sites for hydroxylation is 2. The summed E-state index contributed by atoms with van der Waals surface area (Å²) in [5.41, 5.74) is 5.01. The Hall–Kier alpha value is -3.67. The number of carbonyl (C=O) groups excluding carboxylic acids is 2. The molecule has 0 aliphatic carbocycles. The van der Waals surface area contributed by atoms with E-state index in [0.717, 1.165) is 16.8 Å². The molecule has 3 rings (SSSR count). The van der Waals surface area contributed by atoms with Gasteiger partial charge in [0.1, 0.15) is 5.82 Å². The first-order valence-electron chi connectivity index (χ1n) is 8.90. The highest BCUT2D eigenvalue weighted by Crippen LogP contribution is 2.24. The molecule has 0 radical (unpaired) electrons. The predicted molar refractivity (Wildman–Crippen MR) is 112 cm³/mol. The van der Waals surface area contributed by atoms with E-state index in [1.54, 1.807) is 42.6 Å². The molecular formula is C22H22N4O2. The van der Waals surface area contributed by atoms with E-state index in [0.29, 0.717) is 22.8 Å². The van der Waals surface area contributed by atoms with E-state index in [9.17, 15) is 9.59 Å². The summed E-state index contributed by atoms with van der Waals surface area (Å²) in [6.07, 6.45) is 1.60. The van der Waals surface area contributed by atoms with Crippen molar-refractivity contribution < 1.29 is 9.59 Å². The summed E-state index contributed by atoms with van der Waals surface area (Å²) in [7, 11) is 0. The van der Waals surface area contributed by atoms with Crippen molar-refractivity contribution in [1.82, 2.24) is 4.98 Å². The number of nitrogens with zero attached hydrogens (tertiary/aromatic N) is 1. The summed E-state index contributed by atoms with van der Waals surface area (Å²) >= 11 is 0. The standard InChI is InChI=1S/C22H22N4O2/c1-14-5-4-6-15(2)21(14)26-20-13-17(11-12-23-20)22(28)25-19-9-7-18(8-10-19)24-16(3)27/h4-13H,1-3H3,(H,23,26)(H,24,27)(H,25,28). The Bertz CT molecular complexity index is 993. The summed E-state index contributed by atoms with van der Waals surface area (Å²) in [5.74, 6) is 0.225. The molecule has 0 bridgehead atoms. The zero-order valence-electron chi connectivity index (χ0n) is 16.0. The number of rotatable bonds is 5. The van der Waals surface area contributed by atoms with Gasteiger partial charge in [0.25, 0.3) is 5.91 Å². The van der Waals surface area contributed by atoms with Gasteiger partial charge in [-0.25, -0.2) is 4.98 Å². The average molecular weight is 374 g/mol. The van der Waals surface area contributed by atoms with Crippen molar-refractivity contribution in [1.29, 1.82) is 0 Å². The fourth-order valence-electron chi connectivity index (χ4n) is 2.82. The number of hydrogen-bond donors (Lipinski definition) is 3. The molecule has 3 N–H and O–H groups in total. The predicted octanol–water partition coefficient (Wildman–Crippen LogP) is 4.65. The Balaban J connectivity index is 1.72. The maximum Gasteiger partial charge on any atom is 0.255 e. The lowest BCUT2D eigenvalue weighted by atomic mass is 10.1. The number of aromatic nitrogens is 1. The number of pyridine rings is 1. The minimum absolute atomic E-state index is 0.141. The summed E-state index contributed by atoms with van der Waals surface area (Å²) in [6, 6.07) is 16.4. The number of hydrogen-bond acceptors (Lipinski definition) is 4. The topological polar surface area (TPSA) is 83.1 Å². The second kappa shape index (κ2) is 8.35. The van der Waals surface area contributed by atoms with Crippen molar-refractivity contribution >= 4 is 34.7 Å². The van der Waals surface area contributed by atoms with Gasteiger partial charge in [0.15, 0.2) is 0 Å². The van der Waals surface area contributed by atoms with E-state index in [1.807, 2.05) is 32.0 Å². The van der Waals surface area contributed by atoms with E-state index in [1.165, 1.54) is 6.92 Å². The average Bonchev–Trinajstić information content (AvgIpc) is 2.66. The Morgan fingerprint density at radius 3 is 2.07 bits per heavy atom. The zero-order chi connectivity index (χ0) is 20.1. The van der Waals surface area contributed by atoms with E-state index >= 15 is 0 Å². The van der Waals surface area contributed by atoms with Crippen LogP contribution >= 0.6 is 0 Å². The maximum absolute atomic E-state index is 12.6. The van der Waals surface area contributed by atoms with Crippen LogP contribution in [0.1, 0.15) is 28.4 Å². The summed E-state index contributed by atoms with van der Waals surface area (Å²) in [6.45, 7) is 5.50. The molecule has 28 heavy (non-hydrogen) atoms. The quantitative estimate of drug-likeness (QED) is 0.607. The minimum atomic E-state index is -0.237. The van der Waals surface area contributed by atoms with Crippen LogP contribution in [0.15, 0.2) is 60.8 Å². The van der Waals surface area contributed by atoms with E-state index in [4.69, 9.17) is 0 Å². The van der Waals surface area contributed by atoms with Crippen LogP contribution in [0, 0.1) is 13.8 Å². The number of nitrogens with one attached hydrogen (secondary N) is 3. The van der Waals surface area contributed by atoms with Crippen LogP contribution in [0.25, 0.3) is 0 Å². The molecule has 0 spiro atoms. The second-order valence-corrected chi connectivity index (χ2v) is 6.53. The van der Waals surface area contributed by atoms with E-state index in [-0.39, 0.29) is 11.8 Å². The first kappa shape index (κ1) is 19.1. The smallest absolute Gasteiger partial charge is 0.255 e. The van der Waals surface area contributed by atoms with Crippen molar-refractivity contribution in [3.8, 4) is 0 Å². The number of benzene rings is 2. The van der Waals surface area contributed by atoms with Gasteiger partial charge in [0.2, 0.25) is 5.91 Å². The monoisotopic (exact) mass is 374 g/mol. The summed E-state index contributed by atoms with van der Waals surface area (Å²) in [5, 5.41) is 8.83. The molecular weight excluding hydrogens is 352 g/mol. The maximum atomic E-state index is 12.6. The fourth-order valence-corrected chi connectivity index (χ4v) is 2.82. The lowest BCUT2D eigenvalue weighted by Gasteiger charge is -2.13. The molecule has 0 aliphatic rings. The van der Waals surface area contributed by atoms with Crippen molar-refractivity contribution in [2.24, 2.45) is 0 Å². The molecule has 0 saturated heterocycles. The van der Waals surface area contributed by atoms with Crippen LogP contribution in [-0.4, -0.2) is 16.8 Å². The van der Waals surface area contributed by atoms with Gasteiger partial charge in [-0.3, -0.25) is 9.59 Å². The Kier molecular flexibility index (Phi) is 5.69. The first-order valence-corrected chi connectivity index (χ1v) is 8.90. The van der Waals surface area contributed by atoms with Crippen molar-refractivity contribution in [2.45, 2.75) is 20.8 Å². The van der Waals surface area contributed by atoms with Crippen molar-refractivity contribution in [2.75, 3.05) is 16.0 Å². The largest absolute Gasteiger partial charge is 0.340 e.